The number of alkyl halides is 2. The quantitative estimate of drug-likeness (QED) is 0.00774. The van der Waals surface area contributed by atoms with Crippen molar-refractivity contribution in [3.63, 3.8) is 0 Å². The van der Waals surface area contributed by atoms with Crippen molar-refractivity contribution in [3.8, 4) is 22.3 Å². The fourth-order valence-electron chi connectivity index (χ4n) is 10.6. The third-order valence-electron chi connectivity index (χ3n) is 15.7. The van der Waals surface area contributed by atoms with Crippen molar-refractivity contribution in [1.29, 1.82) is 0 Å². The second-order valence-corrected chi connectivity index (χ2v) is 24.9. The van der Waals surface area contributed by atoms with Crippen molar-refractivity contribution in [2.75, 3.05) is 69.2 Å². The molecule has 2 aliphatic heterocycles. The van der Waals surface area contributed by atoms with E-state index in [2.05, 4.69) is 26.6 Å². The van der Waals surface area contributed by atoms with Crippen molar-refractivity contribution in [3.05, 3.63) is 156 Å². The second kappa shape index (κ2) is 42.6. The van der Waals surface area contributed by atoms with Crippen molar-refractivity contribution >= 4 is 71.1 Å². The van der Waals surface area contributed by atoms with Gasteiger partial charge in [0.2, 0.25) is 5.79 Å². The van der Waals surface area contributed by atoms with Gasteiger partial charge in [0.15, 0.2) is 19.1 Å². The molecule has 31 heteroatoms. The van der Waals surface area contributed by atoms with Crippen LogP contribution in [0.5, 0.6) is 0 Å². The van der Waals surface area contributed by atoms with Crippen LogP contribution in [0.15, 0.2) is 133 Å². The Morgan fingerprint density at radius 3 is 1.41 bits per heavy atom. The summed E-state index contributed by atoms with van der Waals surface area (Å²) >= 11 is 2.87. The Balaban J connectivity index is 0.00000680. The third kappa shape index (κ3) is 24.6. The minimum Gasteiger partial charge on any atom is -0.870 e. The fraction of sp³-hybridized carbons (Fsp3) is 0.433. The van der Waals surface area contributed by atoms with Gasteiger partial charge in [-0.05, 0) is 95.2 Å². The largest absolute Gasteiger partial charge is 1.00 e. The zero-order chi connectivity index (χ0) is 68.5. The smallest absolute Gasteiger partial charge is 0.870 e. The first-order chi connectivity index (χ1) is 45.7. The van der Waals surface area contributed by atoms with Gasteiger partial charge in [-0.25, -0.2) is 15.1 Å². The number of carbonyl (C=O) groups excluding carboxylic acids is 8. The van der Waals surface area contributed by atoms with Gasteiger partial charge in [-0.3, -0.25) is 28.8 Å². The summed E-state index contributed by atoms with van der Waals surface area (Å²) in [6.45, 7) is -4.26. The van der Waals surface area contributed by atoms with Crippen molar-refractivity contribution in [1.82, 2.24) is 26.6 Å². The molecule has 2 fully saturated rings. The molecule has 0 aliphatic carbocycles. The van der Waals surface area contributed by atoms with Gasteiger partial charge in [-0.2, -0.15) is 23.5 Å². The molecule has 0 spiro atoms. The number of ether oxygens (including phenoxy) is 4. The summed E-state index contributed by atoms with van der Waals surface area (Å²) in [7, 11) is 0. The molecule has 25 nitrogen and oxygen atoms in total. The van der Waals surface area contributed by atoms with Crippen LogP contribution in [-0.4, -0.2) is 225 Å². The third-order valence-corrected chi connectivity index (χ3v) is 17.9. The molecule has 5 aromatic rings. The van der Waals surface area contributed by atoms with E-state index in [0.29, 0.717) is 47.0 Å². The summed E-state index contributed by atoms with van der Waals surface area (Å²) in [6, 6.07) is 35.0. The molecule has 2 saturated heterocycles. The minimum absolute atomic E-state index is 0. The van der Waals surface area contributed by atoms with E-state index in [4.69, 9.17) is 18.9 Å². The first kappa shape index (κ1) is 84.8. The fourth-order valence-corrected chi connectivity index (χ4v) is 12.2. The van der Waals surface area contributed by atoms with Crippen LogP contribution in [0.25, 0.3) is 22.3 Å². The van der Waals surface area contributed by atoms with Gasteiger partial charge in [0.25, 0.3) is 29.5 Å². The molecule has 98 heavy (non-hydrogen) atoms. The number of carboxylic acid groups (broad SMARTS) is 1. The minimum atomic E-state index is -2.68. The zero-order valence-electron chi connectivity index (χ0n) is 54.0. The van der Waals surface area contributed by atoms with E-state index in [1.165, 1.54) is 47.8 Å². The van der Waals surface area contributed by atoms with E-state index < -0.39 is 141 Å². The Bertz CT molecular complexity index is 3330. The average molecular weight is 1420 g/mol. The summed E-state index contributed by atoms with van der Waals surface area (Å²) in [5.74, 6) is -9.18. The molecule has 12 N–H and O–H groups in total. The van der Waals surface area contributed by atoms with Crippen molar-refractivity contribution in [2.45, 2.75) is 111 Å². The van der Waals surface area contributed by atoms with Crippen molar-refractivity contribution in [2.24, 2.45) is 0 Å². The number of aliphatic hydroxyl groups is 6. The SMILES string of the molecule is O=[C-][C@@]1(OCCCSCCNC(=O)c2ccc(C(=O)CCCSCCCO[C@]3(C(=O)[O-])C[C@H](O)[C@@H](NC(=O)CF)[C@H]([C@H](O)[C@H](O)CNC(=O)c4ccc(-c5ccccc5)cc4)O3)cc2)C[C@H](O)[C@@H](NC(=O)CF)[C@H]([C@H](O)[C@H](O)CNC(=O)c2ccc(-c3ccccc3)cc2)O1.[Na+].[Na+].[OH-]. The van der Waals surface area contributed by atoms with Crippen molar-refractivity contribution < 1.29 is 166 Å². The molecule has 2 aliphatic rings. The summed E-state index contributed by atoms with van der Waals surface area (Å²) in [5, 5.41) is 91.4. The molecule has 0 aromatic heterocycles. The molecule has 520 valence electrons. The topological polar surface area (TPSA) is 408 Å². The molecule has 12 atom stereocenters. The van der Waals surface area contributed by atoms with Crippen LogP contribution in [0.2, 0.25) is 0 Å². The molecule has 0 saturated carbocycles. The number of Topliss-reactive ketones (excluding diaryl/α,β-unsaturated/α-hetero) is 1. The number of aliphatic carboxylic acids is 1. The van der Waals surface area contributed by atoms with E-state index in [1.807, 2.05) is 60.7 Å². The number of carbonyl (C=O) groups is 7. The maximum absolute atomic E-state index is 13.3. The van der Waals surface area contributed by atoms with E-state index in [9.17, 15) is 82.9 Å². The second-order valence-electron chi connectivity index (χ2n) is 22.5. The van der Waals surface area contributed by atoms with Gasteiger partial charge >= 0.3 is 59.1 Å². The zero-order valence-corrected chi connectivity index (χ0v) is 59.6. The summed E-state index contributed by atoms with van der Waals surface area (Å²) in [4.78, 5) is 101. The van der Waals surface area contributed by atoms with E-state index >= 15 is 0 Å². The number of thioether (sulfide) groups is 2. The van der Waals surface area contributed by atoms with Gasteiger partial charge in [-0.1, -0.05) is 97.1 Å². The van der Waals surface area contributed by atoms with Gasteiger partial charge in [-0.15, -0.1) is 0 Å². The first-order valence-electron chi connectivity index (χ1n) is 30.7. The van der Waals surface area contributed by atoms with E-state index in [0.717, 1.165) is 22.3 Å². The normalized spacial score (nSPS) is 21.5. The van der Waals surface area contributed by atoms with Gasteiger partial charge in [0.05, 0.1) is 48.9 Å². The number of amides is 5. The standard InChI is InChI=1S/C67H78F2N5O19S2.2Na.H2O/c68-36-54(81)73-56-50(77)34-66(40-75,92-60(56)58(83)52(79)38-71-63(86)47-21-15-43(16-22-47)41-10-3-1-4-11-41)90-28-8-32-95-33-27-70-62(85)46-25-19-45(20-26-46)49(76)14-7-30-94-31-9-29-91-67(65(88)89)35-51(78)57(74-55(82)37-69)61(93-67)59(84)53(80)39-72-64(87)48-23-17-44(18-24-48)42-12-5-2-6-13-42;;;/h1-6,10-13,15-26,50-53,56-61,77-80,83-84H,7-9,14,27-39H2,(H,70,85)(H,71,86)(H,72,87)(H,73,81)(H,74,82)(H,88,89);;;1H2/q-1;2*+1;/p-2/t50-,51-,52+,53+,56+,57+,58+,59+,60+,61+,66+,67+;;;/m0.../s1. The number of rotatable bonds is 37. The molecule has 7 rings (SSSR count). The molecular weight excluding hydrogens is 1340 g/mol. The average Bonchev–Trinajstić information content (AvgIpc) is 0.777. The Kier molecular flexibility index (Phi) is 36.9. The Morgan fingerprint density at radius 1 is 0.551 bits per heavy atom. The molecule has 5 aromatic carbocycles. The van der Waals surface area contributed by atoms with Gasteiger partial charge < -0.3 is 96.3 Å². The number of hydrogen-bond donors (Lipinski definition) is 11. The molecule has 0 bridgehead atoms. The Morgan fingerprint density at radius 2 is 0.949 bits per heavy atom. The molecule has 5 amide bonds. The van der Waals surface area contributed by atoms with E-state index in [-0.39, 0.29) is 120 Å². The predicted molar refractivity (Wildman–Crippen MR) is 345 cm³/mol. The Hall–Kier alpha value is -5.62. The van der Waals surface area contributed by atoms with Crippen LogP contribution < -0.4 is 90.8 Å². The van der Waals surface area contributed by atoms with Crippen LogP contribution in [0.1, 0.15) is 80.0 Å². The molecule has 0 radical (unpaired) electrons. The number of benzene rings is 5. The van der Waals surface area contributed by atoms with Crippen LogP contribution >= 0.6 is 23.5 Å². The van der Waals surface area contributed by atoms with Crippen LogP contribution in [0.3, 0.4) is 0 Å². The van der Waals surface area contributed by atoms with Crippen LogP contribution in [0, 0.1) is 0 Å². The molecule has 2 heterocycles. The van der Waals surface area contributed by atoms with Crippen LogP contribution in [-0.2, 0) is 38.1 Å². The van der Waals surface area contributed by atoms with Gasteiger partial charge in [0.1, 0.15) is 30.4 Å². The number of hydrogen-bond acceptors (Lipinski definition) is 22. The Labute approximate surface area is 617 Å². The number of nitrogens with one attached hydrogen (secondary N) is 5. The molecular formula is C67H78F2N5Na2O20S2-. The molecule has 0 unspecified atom stereocenters. The number of aliphatic hydroxyl groups excluding tert-OH is 6. The van der Waals surface area contributed by atoms with Crippen LogP contribution in [0.4, 0.5) is 8.78 Å². The number of ketones is 1. The number of carboxylic acids is 1. The van der Waals surface area contributed by atoms with Gasteiger partial charge in [0, 0.05) is 73.5 Å². The summed E-state index contributed by atoms with van der Waals surface area (Å²) in [5.41, 5.74) is 4.72. The van der Waals surface area contributed by atoms with E-state index in [1.54, 1.807) is 54.8 Å². The maximum atomic E-state index is 13.3. The number of halogens is 2. The monoisotopic (exact) mass is 1420 g/mol. The summed E-state index contributed by atoms with van der Waals surface area (Å²) < 4.78 is 49.6. The predicted octanol–water partition coefficient (Wildman–Crippen LogP) is -4.41. The maximum Gasteiger partial charge on any atom is 1.00 e. The summed E-state index contributed by atoms with van der Waals surface area (Å²) in [6.07, 6.45) is -13.3. The first-order valence-corrected chi connectivity index (χ1v) is 33.0.